The van der Waals surface area contributed by atoms with Crippen LogP contribution in [-0.4, -0.2) is 0 Å². The van der Waals surface area contributed by atoms with Crippen molar-refractivity contribution >= 4 is 6.08 Å². The number of benzene rings is 1. The Balaban J connectivity index is 1.38. The number of allylic oxidation sites excluding steroid dienone is 9. The van der Waals surface area contributed by atoms with Gasteiger partial charge in [0.2, 0.25) is 0 Å². The molecule has 132 valence electrons. The summed E-state index contributed by atoms with van der Waals surface area (Å²) >= 11 is 0. The van der Waals surface area contributed by atoms with Crippen LogP contribution in [0, 0.1) is 0 Å². The number of rotatable bonds is 3. The second kappa shape index (κ2) is 6.27. The third-order valence-corrected chi connectivity index (χ3v) is 6.88. The molecule has 0 bridgehead atoms. The minimum atomic E-state index is 0.601. The van der Waals surface area contributed by atoms with Gasteiger partial charge in [-0.2, -0.15) is 0 Å². The van der Waals surface area contributed by atoms with Crippen LogP contribution in [0.1, 0.15) is 75.8 Å². The van der Waals surface area contributed by atoms with Crippen molar-refractivity contribution in [1.82, 2.24) is 0 Å². The van der Waals surface area contributed by atoms with Crippen LogP contribution in [0.5, 0.6) is 0 Å². The fraction of sp³-hybridized carbons (Fsp3) is 0.385. The Hall–Kier alpha value is -2.08. The van der Waals surface area contributed by atoms with Crippen molar-refractivity contribution in [2.75, 3.05) is 0 Å². The van der Waals surface area contributed by atoms with Crippen LogP contribution in [0.4, 0.5) is 0 Å². The molecule has 0 saturated heterocycles. The van der Waals surface area contributed by atoms with E-state index >= 15 is 0 Å². The maximum Gasteiger partial charge on any atom is 0.00578 e. The Bertz CT molecular complexity index is 927. The van der Waals surface area contributed by atoms with Crippen molar-refractivity contribution in [2.45, 2.75) is 64.7 Å². The van der Waals surface area contributed by atoms with Crippen LogP contribution in [0.3, 0.4) is 0 Å². The summed E-state index contributed by atoms with van der Waals surface area (Å²) in [4.78, 5) is 0. The van der Waals surface area contributed by atoms with E-state index < -0.39 is 0 Å². The van der Waals surface area contributed by atoms with Crippen LogP contribution in [0.2, 0.25) is 0 Å². The summed E-state index contributed by atoms with van der Waals surface area (Å²) < 4.78 is 0. The second-order valence-corrected chi connectivity index (χ2v) is 8.51. The van der Waals surface area contributed by atoms with Crippen LogP contribution >= 0.6 is 0 Å². The SMILES string of the molecule is CC1=Cc2ccccc2C1CCC1=C(C)C=C2CC3=C(C=C21)CCCC3. The summed E-state index contributed by atoms with van der Waals surface area (Å²) in [6, 6.07) is 8.94. The summed E-state index contributed by atoms with van der Waals surface area (Å²) in [6.07, 6.45) is 16.5. The van der Waals surface area contributed by atoms with Gasteiger partial charge in [0.15, 0.2) is 0 Å². The van der Waals surface area contributed by atoms with Gasteiger partial charge in [-0.15, -0.1) is 0 Å². The zero-order valence-corrected chi connectivity index (χ0v) is 16.1. The van der Waals surface area contributed by atoms with Gasteiger partial charge in [-0.25, -0.2) is 0 Å². The quantitative estimate of drug-likeness (QED) is 0.537. The van der Waals surface area contributed by atoms with E-state index in [-0.39, 0.29) is 0 Å². The van der Waals surface area contributed by atoms with E-state index in [2.05, 4.69) is 56.3 Å². The Morgan fingerprint density at radius 1 is 0.962 bits per heavy atom. The first-order valence-corrected chi connectivity index (χ1v) is 10.3. The molecule has 26 heavy (non-hydrogen) atoms. The minimum absolute atomic E-state index is 0.601. The largest absolute Gasteiger partial charge is 0.0652 e. The van der Waals surface area contributed by atoms with Gasteiger partial charge in [0, 0.05) is 5.92 Å². The van der Waals surface area contributed by atoms with Crippen molar-refractivity contribution in [1.29, 1.82) is 0 Å². The lowest BCUT2D eigenvalue weighted by Gasteiger charge is -2.26. The molecule has 0 heterocycles. The zero-order chi connectivity index (χ0) is 17.7. The van der Waals surface area contributed by atoms with Crippen molar-refractivity contribution in [3.63, 3.8) is 0 Å². The molecule has 0 fully saturated rings. The van der Waals surface area contributed by atoms with Gasteiger partial charge in [-0.1, -0.05) is 53.6 Å². The maximum atomic E-state index is 2.56. The van der Waals surface area contributed by atoms with Crippen molar-refractivity contribution in [2.24, 2.45) is 0 Å². The lowest BCUT2D eigenvalue weighted by molar-refractivity contribution is 0.663. The molecule has 0 heteroatoms. The zero-order valence-electron chi connectivity index (χ0n) is 16.1. The van der Waals surface area contributed by atoms with E-state index in [1.54, 1.807) is 27.9 Å². The van der Waals surface area contributed by atoms with Gasteiger partial charge in [0.1, 0.15) is 0 Å². The normalized spacial score (nSPS) is 24.1. The second-order valence-electron chi connectivity index (χ2n) is 8.51. The maximum absolute atomic E-state index is 2.56. The van der Waals surface area contributed by atoms with E-state index in [1.807, 2.05) is 0 Å². The first-order valence-electron chi connectivity index (χ1n) is 10.3. The molecule has 1 atom stereocenters. The fourth-order valence-corrected chi connectivity index (χ4v) is 5.48. The van der Waals surface area contributed by atoms with E-state index in [0.717, 1.165) is 0 Å². The minimum Gasteiger partial charge on any atom is -0.0652 e. The molecule has 0 N–H and O–H groups in total. The van der Waals surface area contributed by atoms with Crippen LogP contribution < -0.4 is 0 Å². The molecule has 0 saturated carbocycles. The summed E-state index contributed by atoms with van der Waals surface area (Å²) in [7, 11) is 0. The third-order valence-electron chi connectivity index (χ3n) is 6.88. The molecule has 1 aromatic carbocycles. The van der Waals surface area contributed by atoms with Crippen LogP contribution in [0.15, 0.2) is 75.4 Å². The fourth-order valence-electron chi connectivity index (χ4n) is 5.48. The molecule has 4 aliphatic rings. The van der Waals surface area contributed by atoms with E-state index in [0.29, 0.717) is 5.92 Å². The smallest absolute Gasteiger partial charge is 0.00578 e. The monoisotopic (exact) mass is 340 g/mol. The average Bonchev–Trinajstić information content (AvgIpc) is 3.13. The van der Waals surface area contributed by atoms with Crippen LogP contribution in [-0.2, 0) is 0 Å². The third kappa shape index (κ3) is 2.58. The molecule has 4 aliphatic carbocycles. The lowest BCUT2D eigenvalue weighted by atomic mass is 9.79. The highest BCUT2D eigenvalue weighted by Crippen LogP contribution is 2.46. The topological polar surface area (TPSA) is 0 Å². The van der Waals surface area contributed by atoms with E-state index in [4.69, 9.17) is 0 Å². The summed E-state index contributed by atoms with van der Waals surface area (Å²) in [5.41, 5.74) is 14.2. The molecular weight excluding hydrogens is 312 g/mol. The van der Waals surface area contributed by atoms with E-state index in [9.17, 15) is 0 Å². The predicted molar refractivity (Wildman–Crippen MR) is 111 cm³/mol. The van der Waals surface area contributed by atoms with Crippen molar-refractivity contribution < 1.29 is 0 Å². The van der Waals surface area contributed by atoms with E-state index in [1.165, 1.54) is 67.2 Å². The molecule has 1 unspecified atom stereocenters. The van der Waals surface area contributed by atoms with Gasteiger partial charge in [-0.05, 0) is 97.8 Å². The molecular formula is C26H28. The molecule has 0 aromatic heterocycles. The Morgan fingerprint density at radius 2 is 1.81 bits per heavy atom. The highest BCUT2D eigenvalue weighted by atomic mass is 14.3. The average molecular weight is 341 g/mol. The molecule has 0 radical (unpaired) electrons. The summed E-state index contributed by atoms with van der Waals surface area (Å²) in [5, 5.41) is 0. The van der Waals surface area contributed by atoms with Gasteiger partial charge in [0.25, 0.3) is 0 Å². The van der Waals surface area contributed by atoms with Gasteiger partial charge in [-0.3, -0.25) is 0 Å². The molecule has 0 spiro atoms. The van der Waals surface area contributed by atoms with Crippen molar-refractivity contribution in [3.05, 3.63) is 86.6 Å². The standard InChI is InChI=1S/C26H28/c1-17-13-21-9-5-6-10-25(21)23(17)11-12-24-18(2)14-22-15-19-7-3-4-8-20(19)16-26(22)24/h5-6,9-10,13-14,16,23H,3-4,7-8,11-12,15H2,1-2H3. The lowest BCUT2D eigenvalue weighted by Crippen LogP contribution is -2.07. The first kappa shape index (κ1) is 16.1. The summed E-state index contributed by atoms with van der Waals surface area (Å²) in [6.45, 7) is 4.63. The highest BCUT2D eigenvalue weighted by Gasteiger charge is 2.28. The van der Waals surface area contributed by atoms with Gasteiger partial charge in [0.05, 0.1) is 0 Å². The molecule has 0 amide bonds. The van der Waals surface area contributed by atoms with Gasteiger partial charge >= 0.3 is 0 Å². The van der Waals surface area contributed by atoms with Crippen molar-refractivity contribution in [3.8, 4) is 0 Å². The van der Waals surface area contributed by atoms with Gasteiger partial charge < -0.3 is 0 Å². The Labute approximate surface area is 157 Å². The molecule has 1 aromatic rings. The number of fused-ring (bicyclic) bond motifs is 2. The number of hydrogen-bond acceptors (Lipinski definition) is 0. The molecule has 0 nitrogen and oxygen atoms in total. The van der Waals surface area contributed by atoms with Crippen LogP contribution in [0.25, 0.3) is 6.08 Å². The first-order chi connectivity index (χ1) is 12.7. The molecule has 0 aliphatic heterocycles. The highest BCUT2D eigenvalue weighted by molar-refractivity contribution is 5.67. The number of hydrogen-bond donors (Lipinski definition) is 0. The summed E-state index contributed by atoms with van der Waals surface area (Å²) in [5.74, 6) is 0.601. The Kier molecular flexibility index (Phi) is 3.89. The molecule has 5 rings (SSSR count). The predicted octanol–water partition coefficient (Wildman–Crippen LogP) is 7.42. The Morgan fingerprint density at radius 3 is 2.73 bits per heavy atom.